The van der Waals surface area contributed by atoms with Crippen molar-refractivity contribution in [2.24, 2.45) is 5.92 Å². The molecule has 72 valence electrons. The third-order valence-corrected chi connectivity index (χ3v) is 1.66. The molecule has 0 saturated heterocycles. The first-order valence-electron chi connectivity index (χ1n) is 4.48. The summed E-state index contributed by atoms with van der Waals surface area (Å²) in [5, 5.41) is 0. The first-order valence-corrected chi connectivity index (χ1v) is 4.48. The zero-order chi connectivity index (χ0) is 9.40. The van der Waals surface area contributed by atoms with E-state index in [2.05, 4.69) is 0 Å². The Bertz CT molecular complexity index is 108. The second-order valence-electron chi connectivity index (χ2n) is 2.49. The Morgan fingerprint density at radius 2 is 1.67 bits per heavy atom. The molecule has 0 spiro atoms. The summed E-state index contributed by atoms with van der Waals surface area (Å²) in [7, 11) is 0. The van der Waals surface area contributed by atoms with E-state index in [-0.39, 0.29) is 12.2 Å². The van der Waals surface area contributed by atoms with Crippen LogP contribution in [0.4, 0.5) is 0 Å². The lowest BCUT2D eigenvalue weighted by Gasteiger charge is -2.21. The van der Waals surface area contributed by atoms with Crippen LogP contribution in [0.1, 0.15) is 27.2 Å². The average molecular weight is 174 g/mol. The van der Waals surface area contributed by atoms with Gasteiger partial charge in [0.15, 0.2) is 6.29 Å². The molecule has 0 aromatic rings. The fourth-order valence-corrected chi connectivity index (χ4v) is 0.977. The molecule has 0 saturated carbocycles. The minimum Gasteiger partial charge on any atom is -0.352 e. The van der Waals surface area contributed by atoms with Crippen LogP contribution < -0.4 is 0 Å². The van der Waals surface area contributed by atoms with E-state index in [1.54, 1.807) is 0 Å². The first-order chi connectivity index (χ1) is 5.79. The molecule has 0 amide bonds. The molecule has 0 aromatic heterocycles. The van der Waals surface area contributed by atoms with Crippen LogP contribution in [0.25, 0.3) is 0 Å². The quantitative estimate of drug-likeness (QED) is 0.434. The van der Waals surface area contributed by atoms with Crippen LogP contribution in [0.5, 0.6) is 0 Å². The number of aldehydes is 1. The van der Waals surface area contributed by atoms with Crippen molar-refractivity contribution in [3.8, 4) is 0 Å². The number of hydrogen-bond acceptors (Lipinski definition) is 3. The van der Waals surface area contributed by atoms with E-state index < -0.39 is 0 Å². The second kappa shape index (κ2) is 7.25. The molecule has 0 rings (SSSR count). The predicted octanol–water partition coefficient (Wildman–Crippen LogP) is 1.61. The third-order valence-electron chi connectivity index (χ3n) is 1.66. The Labute approximate surface area is 74.0 Å². The SMILES string of the molecule is CCOC(OCC)C(C=O)CC. The Morgan fingerprint density at radius 3 is 1.92 bits per heavy atom. The molecule has 0 N–H and O–H groups in total. The first kappa shape index (κ1) is 11.6. The van der Waals surface area contributed by atoms with Crippen molar-refractivity contribution in [3.05, 3.63) is 0 Å². The standard InChI is InChI=1S/C9H18O3/c1-4-8(7-10)9(11-5-2)12-6-3/h7-9H,4-6H2,1-3H3. The van der Waals surface area contributed by atoms with E-state index in [1.165, 1.54) is 0 Å². The molecule has 0 aliphatic carbocycles. The van der Waals surface area contributed by atoms with E-state index in [1.807, 2.05) is 20.8 Å². The van der Waals surface area contributed by atoms with Crippen LogP contribution in [0.15, 0.2) is 0 Å². The van der Waals surface area contributed by atoms with Gasteiger partial charge in [-0.3, -0.25) is 0 Å². The maximum absolute atomic E-state index is 10.6. The van der Waals surface area contributed by atoms with Crippen LogP contribution in [-0.2, 0) is 14.3 Å². The van der Waals surface area contributed by atoms with Crippen LogP contribution >= 0.6 is 0 Å². The summed E-state index contributed by atoms with van der Waals surface area (Å²) in [5.41, 5.74) is 0. The highest BCUT2D eigenvalue weighted by molar-refractivity contribution is 5.53. The highest BCUT2D eigenvalue weighted by Gasteiger charge is 2.19. The molecule has 3 heteroatoms. The minimum atomic E-state index is -0.359. The molecular weight excluding hydrogens is 156 g/mol. The molecule has 0 aliphatic rings. The van der Waals surface area contributed by atoms with Crippen molar-refractivity contribution in [2.45, 2.75) is 33.5 Å². The summed E-state index contributed by atoms with van der Waals surface area (Å²) in [5.74, 6) is -0.134. The van der Waals surface area contributed by atoms with E-state index in [9.17, 15) is 4.79 Å². The van der Waals surface area contributed by atoms with Crippen molar-refractivity contribution < 1.29 is 14.3 Å². The zero-order valence-electron chi connectivity index (χ0n) is 8.08. The summed E-state index contributed by atoms with van der Waals surface area (Å²) in [6.07, 6.45) is 1.30. The third kappa shape index (κ3) is 3.83. The Kier molecular flexibility index (Phi) is 7.00. The van der Waals surface area contributed by atoms with Crippen molar-refractivity contribution in [1.82, 2.24) is 0 Å². The van der Waals surface area contributed by atoms with Gasteiger partial charge in [-0.25, -0.2) is 0 Å². The molecule has 12 heavy (non-hydrogen) atoms. The fraction of sp³-hybridized carbons (Fsp3) is 0.889. The smallest absolute Gasteiger partial charge is 0.166 e. The number of carbonyl (C=O) groups excluding carboxylic acids is 1. The summed E-state index contributed by atoms with van der Waals surface area (Å²) >= 11 is 0. The Hall–Kier alpha value is -0.410. The van der Waals surface area contributed by atoms with Crippen LogP contribution in [0.2, 0.25) is 0 Å². The summed E-state index contributed by atoms with van der Waals surface area (Å²) in [4.78, 5) is 10.6. The lowest BCUT2D eigenvalue weighted by Crippen LogP contribution is -2.28. The lowest BCUT2D eigenvalue weighted by atomic mass is 10.1. The normalized spacial score (nSPS) is 13.3. The summed E-state index contributed by atoms with van der Waals surface area (Å²) in [6.45, 7) is 6.89. The monoisotopic (exact) mass is 174 g/mol. The van der Waals surface area contributed by atoms with Gasteiger partial charge in [0.05, 0.1) is 5.92 Å². The van der Waals surface area contributed by atoms with Gasteiger partial charge in [0.25, 0.3) is 0 Å². The molecule has 0 aromatic carbocycles. The van der Waals surface area contributed by atoms with Crippen molar-refractivity contribution in [3.63, 3.8) is 0 Å². The Balaban J connectivity index is 3.94. The van der Waals surface area contributed by atoms with Gasteiger partial charge in [0, 0.05) is 13.2 Å². The molecule has 1 atom stereocenters. The average Bonchev–Trinajstić information content (AvgIpc) is 2.07. The minimum absolute atomic E-state index is 0.134. The number of ether oxygens (including phenoxy) is 2. The van der Waals surface area contributed by atoms with E-state index in [0.717, 1.165) is 12.7 Å². The van der Waals surface area contributed by atoms with Gasteiger partial charge in [-0.2, -0.15) is 0 Å². The molecule has 0 heterocycles. The largest absolute Gasteiger partial charge is 0.352 e. The molecule has 0 bridgehead atoms. The second-order valence-corrected chi connectivity index (χ2v) is 2.49. The molecule has 0 radical (unpaired) electrons. The van der Waals surface area contributed by atoms with Crippen molar-refractivity contribution in [1.29, 1.82) is 0 Å². The lowest BCUT2D eigenvalue weighted by molar-refractivity contribution is -0.168. The highest BCUT2D eigenvalue weighted by Crippen LogP contribution is 2.10. The van der Waals surface area contributed by atoms with Crippen LogP contribution in [0.3, 0.4) is 0 Å². The topological polar surface area (TPSA) is 35.5 Å². The molecule has 3 nitrogen and oxygen atoms in total. The molecular formula is C9H18O3. The Morgan fingerprint density at radius 1 is 1.17 bits per heavy atom. The number of carbonyl (C=O) groups is 1. The highest BCUT2D eigenvalue weighted by atomic mass is 16.7. The molecule has 1 unspecified atom stereocenters. The maximum Gasteiger partial charge on any atom is 0.166 e. The zero-order valence-corrected chi connectivity index (χ0v) is 8.08. The van der Waals surface area contributed by atoms with Crippen LogP contribution in [-0.4, -0.2) is 25.8 Å². The summed E-state index contributed by atoms with van der Waals surface area (Å²) < 4.78 is 10.5. The number of rotatable bonds is 7. The van der Waals surface area contributed by atoms with E-state index in [0.29, 0.717) is 13.2 Å². The van der Waals surface area contributed by atoms with Crippen LogP contribution in [0, 0.1) is 5.92 Å². The van der Waals surface area contributed by atoms with Crippen molar-refractivity contribution >= 4 is 6.29 Å². The van der Waals surface area contributed by atoms with E-state index in [4.69, 9.17) is 9.47 Å². The number of hydrogen-bond donors (Lipinski definition) is 0. The van der Waals surface area contributed by atoms with Gasteiger partial charge in [0.1, 0.15) is 6.29 Å². The maximum atomic E-state index is 10.6. The fourth-order valence-electron chi connectivity index (χ4n) is 0.977. The van der Waals surface area contributed by atoms with Gasteiger partial charge >= 0.3 is 0 Å². The van der Waals surface area contributed by atoms with Gasteiger partial charge in [-0.05, 0) is 20.3 Å². The van der Waals surface area contributed by atoms with E-state index >= 15 is 0 Å². The van der Waals surface area contributed by atoms with Gasteiger partial charge in [0.2, 0.25) is 0 Å². The predicted molar refractivity (Wildman–Crippen MR) is 46.9 cm³/mol. The molecule has 0 aliphatic heterocycles. The van der Waals surface area contributed by atoms with Gasteiger partial charge in [-0.15, -0.1) is 0 Å². The van der Waals surface area contributed by atoms with Gasteiger partial charge in [-0.1, -0.05) is 6.92 Å². The summed E-state index contributed by atoms with van der Waals surface area (Å²) in [6, 6.07) is 0. The van der Waals surface area contributed by atoms with Crippen molar-refractivity contribution in [2.75, 3.05) is 13.2 Å². The van der Waals surface area contributed by atoms with Gasteiger partial charge < -0.3 is 14.3 Å². The molecule has 0 fully saturated rings.